The maximum atomic E-state index is 11.8. The van der Waals surface area contributed by atoms with Crippen LogP contribution in [0.4, 0.5) is 5.69 Å². The molecule has 2 fully saturated rings. The van der Waals surface area contributed by atoms with E-state index in [4.69, 9.17) is 9.31 Å². The third-order valence-electron chi connectivity index (χ3n) is 6.17. The Kier molecular flexibility index (Phi) is 5.10. The van der Waals surface area contributed by atoms with Gasteiger partial charge in [-0.25, -0.2) is 0 Å². The molecular formula is C20H31BN2O3. The van der Waals surface area contributed by atoms with Gasteiger partial charge in [-0.05, 0) is 64.6 Å². The molecule has 1 amide bonds. The van der Waals surface area contributed by atoms with Crippen LogP contribution in [0.3, 0.4) is 0 Å². The van der Waals surface area contributed by atoms with Crippen molar-refractivity contribution in [2.45, 2.75) is 71.2 Å². The van der Waals surface area contributed by atoms with Crippen LogP contribution in [0, 0.1) is 0 Å². The second kappa shape index (κ2) is 6.89. The second-order valence-corrected chi connectivity index (χ2v) is 8.48. The van der Waals surface area contributed by atoms with Gasteiger partial charge in [-0.1, -0.05) is 12.1 Å². The van der Waals surface area contributed by atoms with Crippen molar-refractivity contribution in [2.75, 3.05) is 18.5 Å². The lowest BCUT2D eigenvalue weighted by atomic mass is 9.79. The number of hydrogen-bond acceptors (Lipinski definition) is 4. The molecule has 0 bridgehead atoms. The Labute approximate surface area is 157 Å². The molecule has 6 heteroatoms. The summed E-state index contributed by atoms with van der Waals surface area (Å²) < 4.78 is 12.3. The largest absolute Gasteiger partial charge is 0.494 e. The lowest BCUT2D eigenvalue weighted by molar-refractivity contribution is -0.129. The molecule has 2 aliphatic rings. The van der Waals surface area contributed by atoms with Crippen LogP contribution in [0.25, 0.3) is 0 Å². The van der Waals surface area contributed by atoms with E-state index < -0.39 is 0 Å². The minimum absolute atomic E-state index is 0.107. The Bertz CT molecular complexity index is 644. The monoisotopic (exact) mass is 358 g/mol. The summed E-state index contributed by atoms with van der Waals surface area (Å²) in [7, 11) is 1.55. The predicted octanol–water partition coefficient (Wildman–Crippen LogP) is 2.78. The fourth-order valence-electron chi connectivity index (χ4n) is 3.63. The van der Waals surface area contributed by atoms with Gasteiger partial charge < -0.3 is 19.1 Å². The lowest BCUT2D eigenvalue weighted by Gasteiger charge is -2.42. The van der Waals surface area contributed by atoms with Crippen LogP contribution in [0.1, 0.15) is 53.9 Å². The number of carbonyl (C=O) groups is 1. The summed E-state index contributed by atoms with van der Waals surface area (Å²) in [5.41, 5.74) is 1.50. The summed E-state index contributed by atoms with van der Waals surface area (Å²) in [5.74, 6) is 0.107. The number of rotatable bonds is 3. The Morgan fingerprint density at radius 2 is 1.69 bits per heavy atom. The van der Waals surface area contributed by atoms with Crippen LogP contribution < -0.4 is 10.4 Å². The summed E-state index contributed by atoms with van der Waals surface area (Å²) in [6, 6.07) is 8.40. The number of nitrogens with zero attached hydrogens (tertiary/aromatic N) is 2. The van der Waals surface area contributed by atoms with E-state index in [1.54, 1.807) is 6.92 Å². The molecule has 1 atom stereocenters. The van der Waals surface area contributed by atoms with Crippen LogP contribution in [0.2, 0.25) is 0 Å². The average Bonchev–Trinajstić information content (AvgIpc) is 2.82. The molecular weight excluding hydrogens is 327 g/mol. The standard InChI is InChI=1S/C20H31BN2O3/c1-15(24)22(6)18-9-7-8-14-23(18)17-12-10-16(11-13-17)21-25-19(2,3)20(4,5)26-21/h10-13,18H,7-9,14H2,1-6H3. The van der Waals surface area contributed by atoms with E-state index in [0.717, 1.165) is 37.0 Å². The molecule has 26 heavy (non-hydrogen) atoms. The summed E-state index contributed by atoms with van der Waals surface area (Å²) in [5, 5.41) is 0. The zero-order valence-corrected chi connectivity index (χ0v) is 16.9. The van der Waals surface area contributed by atoms with Gasteiger partial charge in [0, 0.05) is 26.2 Å². The average molecular weight is 358 g/mol. The SMILES string of the molecule is CC(=O)N(C)C1CCCCN1c1ccc(B2OC(C)(C)C(C)(C)O2)cc1. The van der Waals surface area contributed by atoms with Gasteiger partial charge in [-0.15, -0.1) is 0 Å². The first kappa shape index (κ1) is 19.2. The highest BCUT2D eigenvalue weighted by atomic mass is 16.7. The van der Waals surface area contributed by atoms with Crippen LogP contribution >= 0.6 is 0 Å². The van der Waals surface area contributed by atoms with Crippen molar-refractivity contribution in [1.29, 1.82) is 0 Å². The van der Waals surface area contributed by atoms with Crippen LogP contribution in [-0.2, 0) is 14.1 Å². The highest BCUT2D eigenvalue weighted by Crippen LogP contribution is 2.36. The van der Waals surface area contributed by atoms with E-state index in [0.29, 0.717) is 0 Å². The molecule has 142 valence electrons. The molecule has 1 aromatic rings. The summed E-state index contributed by atoms with van der Waals surface area (Å²) in [6.07, 6.45) is 3.45. The summed E-state index contributed by atoms with van der Waals surface area (Å²) >= 11 is 0. The first-order valence-electron chi connectivity index (χ1n) is 9.58. The number of benzene rings is 1. The number of anilines is 1. The fourth-order valence-corrected chi connectivity index (χ4v) is 3.63. The molecule has 3 rings (SSSR count). The molecule has 2 aliphatic heterocycles. The smallest absolute Gasteiger partial charge is 0.399 e. The third-order valence-corrected chi connectivity index (χ3v) is 6.17. The van der Waals surface area contributed by atoms with Crippen LogP contribution in [0.5, 0.6) is 0 Å². The Hall–Kier alpha value is -1.53. The van der Waals surface area contributed by atoms with E-state index in [2.05, 4.69) is 56.9 Å². The topological polar surface area (TPSA) is 42.0 Å². The minimum atomic E-state index is -0.342. The third kappa shape index (κ3) is 3.49. The first-order chi connectivity index (χ1) is 12.1. The number of carbonyl (C=O) groups excluding carboxylic acids is 1. The molecule has 1 aromatic carbocycles. The second-order valence-electron chi connectivity index (χ2n) is 8.48. The van der Waals surface area contributed by atoms with Crippen molar-refractivity contribution in [3.05, 3.63) is 24.3 Å². The highest BCUT2D eigenvalue weighted by Gasteiger charge is 2.51. The fraction of sp³-hybridized carbons (Fsp3) is 0.650. The molecule has 2 saturated heterocycles. The molecule has 0 radical (unpaired) electrons. The molecule has 5 nitrogen and oxygen atoms in total. The van der Waals surface area contributed by atoms with E-state index in [-0.39, 0.29) is 30.4 Å². The van der Waals surface area contributed by atoms with Crippen LogP contribution in [-0.4, -0.2) is 48.9 Å². The predicted molar refractivity (Wildman–Crippen MR) is 106 cm³/mol. The molecule has 0 aromatic heterocycles. The highest BCUT2D eigenvalue weighted by molar-refractivity contribution is 6.62. The minimum Gasteiger partial charge on any atom is -0.399 e. The summed E-state index contributed by atoms with van der Waals surface area (Å²) in [4.78, 5) is 16.0. The van der Waals surface area contributed by atoms with Crippen molar-refractivity contribution in [1.82, 2.24) is 4.90 Å². The van der Waals surface area contributed by atoms with Crippen molar-refractivity contribution < 1.29 is 14.1 Å². The van der Waals surface area contributed by atoms with E-state index >= 15 is 0 Å². The maximum absolute atomic E-state index is 11.8. The molecule has 0 saturated carbocycles. The number of hydrogen-bond donors (Lipinski definition) is 0. The summed E-state index contributed by atoms with van der Waals surface area (Å²) in [6.45, 7) is 10.9. The lowest BCUT2D eigenvalue weighted by Crippen LogP contribution is -2.51. The van der Waals surface area contributed by atoms with Gasteiger partial charge in [0.2, 0.25) is 5.91 Å². The van der Waals surface area contributed by atoms with E-state index in [1.807, 2.05) is 11.9 Å². The van der Waals surface area contributed by atoms with Gasteiger partial charge in [0.05, 0.1) is 11.2 Å². The normalized spacial score (nSPS) is 24.6. The quantitative estimate of drug-likeness (QED) is 0.780. The van der Waals surface area contributed by atoms with Gasteiger partial charge >= 0.3 is 7.12 Å². The van der Waals surface area contributed by atoms with Gasteiger partial charge in [-0.2, -0.15) is 0 Å². The Morgan fingerprint density at radius 1 is 1.12 bits per heavy atom. The van der Waals surface area contributed by atoms with Gasteiger partial charge in [-0.3, -0.25) is 4.79 Å². The first-order valence-corrected chi connectivity index (χ1v) is 9.58. The Balaban J connectivity index is 1.78. The molecule has 0 aliphatic carbocycles. The van der Waals surface area contributed by atoms with Crippen molar-refractivity contribution in [3.8, 4) is 0 Å². The van der Waals surface area contributed by atoms with E-state index in [9.17, 15) is 4.79 Å². The van der Waals surface area contributed by atoms with Crippen LogP contribution in [0.15, 0.2) is 24.3 Å². The van der Waals surface area contributed by atoms with Crippen molar-refractivity contribution in [2.24, 2.45) is 0 Å². The number of amides is 1. The zero-order chi connectivity index (χ0) is 19.1. The van der Waals surface area contributed by atoms with E-state index in [1.165, 1.54) is 0 Å². The number of piperidine rings is 1. The van der Waals surface area contributed by atoms with Gasteiger partial charge in [0.15, 0.2) is 0 Å². The zero-order valence-electron chi connectivity index (χ0n) is 16.9. The van der Waals surface area contributed by atoms with Gasteiger partial charge in [0.25, 0.3) is 0 Å². The van der Waals surface area contributed by atoms with Gasteiger partial charge in [0.1, 0.15) is 6.17 Å². The molecule has 0 N–H and O–H groups in total. The molecule has 1 unspecified atom stereocenters. The molecule has 2 heterocycles. The maximum Gasteiger partial charge on any atom is 0.494 e. The van der Waals surface area contributed by atoms with Crippen molar-refractivity contribution in [3.63, 3.8) is 0 Å². The Morgan fingerprint density at radius 3 is 2.23 bits per heavy atom. The molecule has 0 spiro atoms. The van der Waals surface area contributed by atoms with Crippen molar-refractivity contribution >= 4 is 24.2 Å².